The molecule has 0 unspecified atom stereocenters. The number of rotatable bonds is 1. The molecule has 0 radical (unpaired) electrons. The van der Waals surface area contributed by atoms with E-state index in [-0.39, 0.29) is 25.0 Å². The molecule has 0 aliphatic carbocycles. The molecule has 5 heterocycles. The second-order valence-electron chi connectivity index (χ2n) is 7.81. The number of amides is 2. The van der Waals surface area contributed by atoms with Gasteiger partial charge in [0.1, 0.15) is 0 Å². The number of benzene rings is 1. The third-order valence-corrected chi connectivity index (χ3v) is 10.5. The van der Waals surface area contributed by atoms with Gasteiger partial charge < -0.3 is 19.3 Å². The average Bonchev–Trinajstić information content (AvgIpc) is 3.22. The number of likely N-dealkylation sites (N-methyl/N-ethyl adjacent to an activating group) is 1. The number of nitrogens with zero attached hydrogens (tertiary/aromatic N) is 3. The number of carbonyl (C=O) groups excluding carboxylic acids is 2. The summed E-state index contributed by atoms with van der Waals surface area (Å²) in [7, 11) is 4.47. The molecule has 0 saturated carbocycles. The predicted molar refractivity (Wildman–Crippen MR) is 107 cm³/mol. The van der Waals surface area contributed by atoms with Crippen LogP contribution in [0.15, 0.2) is 16.6 Å². The number of nitriles is 1. The quantitative estimate of drug-likeness (QED) is 0.569. The molecule has 146 valence electrons. The first-order valence-corrected chi connectivity index (χ1v) is 11.6. The van der Waals surface area contributed by atoms with Crippen molar-refractivity contribution >= 4 is 49.3 Å². The lowest BCUT2D eigenvalue weighted by Crippen LogP contribution is -2.73. The van der Waals surface area contributed by atoms with E-state index in [9.17, 15) is 14.9 Å². The summed E-state index contributed by atoms with van der Waals surface area (Å²) in [5.74, 6) is 0.915. The van der Waals surface area contributed by atoms with Crippen LogP contribution in [0, 0.1) is 16.7 Å². The van der Waals surface area contributed by atoms with Crippen LogP contribution in [0.5, 0.6) is 11.5 Å². The molecule has 6 rings (SSSR count). The van der Waals surface area contributed by atoms with Crippen LogP contribution in [0.1, 0.15) is 31.9 Å². The predicted octanol–water partition coefficient (Wildman–Crippen LogP) is 3.26. The van der Waals surface area contributed by atoms with Crippen molar-refractivity contribution in [3.8, 4) is 17.6 Å². The van der Waals surface area contributed by atoms with Gasteiger partial charge in [-0.1, -0.05) is 37.5 Å². The van der Waals surface area contributed by atoms with Gasteiger partial charge in [0.25, 0.3) is 11.8 Å². The summed E-state index contributed by atoms with van der Waals surface area (Å²) >= 11 is 3.58. The van der Waals surface area contributed by atoms with Crippen LogP contribution in [0.3, 0.4) is 0 Å². The van der Waals surface area contributed by atoms with Gasteiger partial charge in [0.15, 0.2) is 21.2 Å². The van der Waals surface area contributed by atoms with Crippen molar-refractivity contribution in [2.75, 3.05) is 13.8 Å². The SMILES string of the molecule is CN1C(=O)[C@@]23C[C@](C)(C#N)[C@H](c4cc5c(cc4Br)OCO5)N2C(=O)[C@]1(C)SS3. The highest BCUT2D eigenvalue weighted by Crippen LogP contribution is 2.69. The Morgan fingerprint density at radius 2 is 1.89 bits per heavy atom. The first kappa shape index (κ1) is 18.5. The van der Waals surface area contributed by atoms with E-state index >= 15 is 0 Å². The molecule has 1 aromatic carbocycles. The smallest absolute Gasteiger partial charge is 0.261 e. The fourth-order valence-corrected chi connectivity index (χ4v) is 8.65. The molecule has 28 heavy (non-hydrogen) atoms. The first-order chi connectivity index (χ1) is 13.2. The summed E-state index contributed by atoms with van der Waals surface area (Å²) in [5, 5.41) is 10.1. The highest BCUT2D eigenvalue weighted by Gasteiger charge is 2.75. The van der Waals surface area contributed by atoms with Gasteiger partial charge in [0.05, 0.1) is 17.5 Å². The summed E-state index contributed by atoms with van der Waals surface area (Å²) < 4.78 is 11.7. The van der Waals surface area contributed by atoms with Crippen molar-refractivity contribution in [2.45, 2.75) is 36.1 Å². The molecule has 0 N–H and O–H groups in total. The van der Waals surface area contributed by atoms with Crippen molar-refractivity contribution in [3.63, 3.8) is 0 Å². The van der Waals surface area contributed by atoms with Crippen LogP contribution in [0.2, 0.25) is 0 Å². The summed E-state index contributed by atoms with van der Waals surface area (Å²) in [6, 6.07) is 5.43. The highest BCUT2D eigenvalue weighted by molar-refractivity contribution is 9.10. The molecular formula is C18H16BrN3O4S2. The van der Waals surface area contributed by atoms with Gasteiger partial charge in [-0.3, -0.25) is 9.59 Å². The fraction of sp³-hybridized carbons (Fsp3) is 0.500. The lowest BCUT2D eigenvalue weighted by Gasteiger charge is -2.57. The third-order valence-electron chi connectivity index (χ3n) is 6.14. The third kappa shape index (κ3) is 1.97. The molecule has 10 heteroatoms. The number of piperazine rings is 1. The topological polar surface area (TPSA) is 82.9 Å². The molecule has 2 bridgehead atoms. The maximum atomic E-state index is 13.6. The lowest BCUT2D eigenvalue weighted by molar-refractivity contribution is -0.164. The van der Waals surface area contributed by atoms with E-state index in [4.69, 9.17) is 9.47 Å². The van der Waals surface area contributed by atoms with Gasteiger partial charge in [0.2, 0.25) is 6.79 Å². The van der Waals surface area contributed by atoms with Crippen LogP contribution < -0.4 is 9.47 Å². The van der Waals surface area contributed by atoms with E-state index in [2.05, 4.69) is 22.0 Å². The summed E-state index contributed by atoms with van der Waals surface area (Å²) in [5.41, 5.74) is -0.193. The number of fused-ring (bicyclic) bond motifs is 3. The summed E-state index contributed by atoms with van der Waals surface area (Å²) in [4.78, 5) is 28.0. The number of ether oxygens (including phenoxy) is 2. The van der Waals surface area contributed by atoms with Crippen molar-refractivity contribution in [2.24, 2.45) is 5.41 Å². The van der Waals surface area contributed by atoms with Gasteiger partial charge in [-0.25, -0.2) is 0 Å². The Morgan fingerprint density at radius 1 is 1.21 bits per heavy atom. The van der Waals surface area contributed by atoms with E-state index in [1.54, 1.807) is 24.9 Å². The Kier molecular flexibility index (Phi) is 3.64. The molecule has 2 amide bonds. The molecule has 5 aliphatic heterocycles. The van der Waals surface area contributed by atoms with Crippen LogP contribution in [0.4, 0.5) is 0 Å². The van der Waals surface area contributed by atoms with Gasteiger partial charge in [-0.15, -0.1) is 0 Å². The zero-order valence-corrected chi connectivity index (χ0v) is 18.5. The van der Waals surface area contributed by atoms with E-state index in [1.807, 2.05) is 13.0 Å². The maximum absolute atomic E-state index is 13.6. The molecule has 4 fully saturated rings. The molecule has 4 saturated heterocycles. The van der Waals surface area contributed by atoms with Crippen LogP contribution in [0.25, 0.3) is 0 Å². The lowest BCUT2D eigenvalue weighted by atomic mass is 9.79. The number of hydrogen-bond donors (Lipinski definition) is 0. The molecule has 7 nitrogen and oxygen atoms in total. The molecule has 1 spiro atoms. The number of hydrogen-bond acceptors (Lipinski definition) is 7. The Bertz CT molecular complexity index is 1000. The Labute approximate surface area is 178 Å². The molecular weight excluding hydrogens is 466 g/mol. The zero-order chi connectivity index (χ0) is 20.1. The minimum absolute atomic E-state index is 0.126. The van der Waals surface area contributed by atoms with Gasteiger partial charge >= 0.3 is 0 Å². The molecule has 1 aromatic rings. The average molecular weight is 482 g/mol. The minimum Gasteiger partial charge on any atom is -0.454 e. The number of halogens is 1. The number of carbonyl (C=O) groups is 2. The van der Waals surface area contributed by atoms with Crippen LogP contribution >= 0.6 is 37.5 Å². The molecule has 0 aromatic heterocycles. The summed E-state index contributed by atoms with van der Waals surface area (Å²) in [6.07, 6.45) is 0.269. The van der Waals surface area contributed by atoms with Gasteiger partial charge in [-0.05, 0) is 31.5 Å². The first-order valence-electron chi connectivity index (χ1n) is 8.67. The second-order valence-corrected chi connectivity index (χ2v) is 11.5. The monoisotopic (exact) mass is 481 g/mol. The minimum atomic E-state index is -1.08. The van der Waals surface area contributed by atoms with E-state index in [1.165, 1.54) is 26.5 Å². The van der Waals surface area contributed by atoms with E-state index in [0.29, 0.717) is 11.5 Å². The molecule has 5 aliphatic rings. The maximum Gasteiger partial charge on any atom is 0.261 e. The second kappa shape index (κ2) is 5.52. The zero-order valence-electron chi connectivity index (χ0n) is 15.3. The van der Waals surface area contributed by atoms with E-state index < -0.39 is 21.2 Å². The normalized spacial score (nSPS) is 38.0. The van der Waals surface area contributed by atoms with Crippen molar-refractivity contribution in [1.82, 2.24) is 9.80 Å². The highest BCUT2D eigenvalue weighted by atomic mass is 79.9. The Hall–Kier alpha value is -1.57. The standard InChI is InChI=1S/C18H16BrN3O4S2/c1-16(7-20)6-18-15(24)21(3)17(2,27-28-18)14(23)22(18)13(16)9-4-11-12(5-10(9)19)26-8-25-11/h4-5,13H,6,8H2,1-3H3/t13-,16+,17-,18-/m0/s1. The van der Waals surface area contributed by atoms with Crippen molar-refractivity contribution < 1.29 is 19.1 Å². The summed E-state index contributed by atoms with van der Waals surface area (Å²) in [6.45, 7) is 3.72. The van der Waals surface area contributed by atoms with Crippen LogP contribution in [-0.4, -0.2) is 45.2 Å². The van der Waals surface area contributed by atoms with Crippen LogP contribution in [-0.2, 0) is 9.59 Å². The van der Waals surface area contributed by atoms with Crippen molar-refractivity contribution in [3.05, 3.63) is 22.2 Å². The van der Waals surface area contributed by atoms with Gasteiger partial charge in [-0.2, -0.15) is 5.26 Å². The fourth-order valence-electron chi connectivity index (χ4n) is 4.53. The van der Waals surface area contributed by atoms with E-state index in [0.717, 1.165) is 10.0 Å². The van der Waals surface area contributed by atoms with Gasteiger partial charge in [0, 0.05) is 17.9 Å². The van der Waals surface area contributed by atoms with Crippen molar-refractivity contribution in [1.29, 1.82) is 5.26 Å². The largest absolute Gasteiger partial charge is 0.454 e. The Balaban J connectivity index is 1.74. The molecule has 4 atom stereocenters. The Morgan fingerprint density at radius 3 is 2.57 bits per heavy atom.